The van der Waals surface area contributed by atoms with Crippen LogP contribution in [0.1, 0.15) is 42.0 Å². The second-order valence-corrected chi connectivity index (χ2v) is 9.30. The summed E-state index contributed by atoms with van der Waals surface area (Å²) in [5.41, 5.74) is 9.27. The number of hydrogen-bond donors (Lipinski definition) is 1. The third kappa shape index (κ3) is 5.90. The summed E-state index contributed by atoms with van der Waals surface area (Å²) in [6, 6.07) is 24.7. The second kappa shape index (κ2) is 10.5. The molecule has 0 radical (unpaired) electrons. The first-order valence-electron chi connectivity index (χ1n) is 11.0. The molecule has 1 heterocycles. The average Bonchev–Trinajstić information content (AvgIpc) is 3.17. The molecule has 0 unspecified atom stereocenters. The lowest BCUT2D eigenvalue weighted by molar-refractivity contribution is -0.118. The van der Waals surface area contributed by atoms with Crippen molar-refractivity contribution in [1.82, 2.24) is 15.0 Å². The number of imidazole rings is 1. The number of hydrazone groups is 1. The number of thioether (sulfide) groups is 1. The summed E-state index contributed by atoms with van der Waals surface area (Å²) < 4.78 is 2.16. The summed E-state index contributed by atoms with van der Waals surface area (Å²) in [6.07, 6.45) is 1.67. The predicted molar refractivity (Wildman–Crippen MR) is 137 cm³/mol. The lowest BCUT2D eigenvalue weighted by Crippen LogP contribution is -2.20. The molecule has 0 saturated heterocycles. The molecule has 168 valence electrons. The third-order valence-electron chi connectivity index (χ3n) is 5.42. The van der Waals surface area contributed by atoms with Crippen molar-refractivity contribution in [2.45, 2.75) is 38.4 Å². The van der Waals surface area contributed by atoms with Crippen LogP contribution in [0.15, 0.2) is 83.1 Å². The molecule has 33 heavy (non-hydrogen) atoms. The fourth-order valence-corrected chi connectivity index (χ4v) is 4.31. The molecule has 5 nitrogen and oxygen atoms in total. The summed E-state index contributed by atoms with van der Waals surface area (Å²) in [5.74, 6) is 0.563. The Balaban J connectivity index is 1.41. The number of carbonyl (C=O) groups excluding carboxylic acids is 1. The molecule has 0 aliphatic carbocycles. The third-order valence-corrected chi connectivity index (χ3v) is 6.40. The number of nitrogens with one attached hydrogen (secondary N) is 1. The first-order valence-corrected chi connectivity index (χ1v) is 12.0. The highest BCUT2D eigenvalue weighted by Gasteiger charge is 2.13. The van der Waals surface area contributed by atoms with E-state index >= 15 is 0 Å². The number of rotatable bonds is 8. The summed E-state index contributed by atoms with van der Waals surface area (Å²) >= 11 is 1.42. The molecule has 4 aromatic rings. The van der Waals surface area contributed by atoms with Crippen molar-refractivity contribution in [1.29, 1.82) is 0 Å². The van der Waals surface area contributed by atoms with Gasteiger partial charge in [0.2, 0.25) is 0 Å². The van der Waals surface area contributed by atoms with E-state index in [0.717, 1.165) is 21.8 Å². The molecule has 0 atom stereocenters. The number of para-hydroxylation sites is 2. The standard InChI is InChI=1S/C27H28N4OS/c1-19(2)23-14-12-21(13-15-23)16-28-30-26(32)18-33-27-29-24-6-4-5-7-25(24)31(27)17-22-10-8-20(3)9-11-22/h4-16,19H,17-18H2,1-3H3,(H,30,32). The maximum atomic E-state index is 12.4. The average molecular weight is 457 g/mol. The maximum Gasteiger partial charge on any atom is 0.250 e. The Kier molecular flexibility index (Phi) is 7.25. The molecule has 0 aliphatic heterocycles. The largest absolute Gasteiger partial charge is 0.314 e. The van der Waals surface area contributed by atoms with Crippen LogP contribution in [0.4, 0.5) is 0 Å². The monoisotopic (exact) mass is 456 g/mol. The zero-order valence-corrected chi connectivity index (χ0v) is 20.0. The number of aromatic nitrogens is 2. The minimum absolute atomic E-state index is 0.163. The van der Waals surface area contributed by atoms with Crippen LogP contribution in [-0.2, 0) is 11.3 Å². The van der Waals surface area contributed by atoms with Gasteiger partial charge in [0.25, 0.3) is 5.91 Å². The molecule has 0 aliphatic rings. The molecule has 0 saturated carbocycles. The smallest absolute Gasteiger partial charge is 0.250 e. The maximum absolute atomic E-state index is 12.4. The summed E-state index contributed by atoms with van der Waals surface area (Å²) in [5, 5.41) is 4.92. The Labute approximate surface area is 198 Å². The quantitative estimate of drug-likeness (QED) is 0.208. The van der Waals surface area contributed by atoms with E-state index in [-0.39, 0.29) is 11.7 Å². The SMILES string of the molecule is Cc1ccc(Cn2c(SCC(=O)NN=Cc3ccc(C(C)C)cc3)nc3ccccc32)cc1. The summed E-state index contributed by atoms with van der Waals surface area (Å²) in [4.78, 5) is 17.1. The van der Waals surface area contributed by atoms with Gasteiger partial charge >= 0.3 is 0 Å². The van der Waals surface area contributed by atoms with Crippen LogP contribution >= 0.6 is 11.8 Å². The van der Waals surface area contributed by atoms with Crippen molar-refractivity contribution in [3.05, 3.63) is 95.1 Å². The van der Waals surface area contributed by atoms with Gasteiger partial charge in [0.05, 0.1) is 29.5 Å². The number of fused-ring (bicyclic) bond motifs is 1. The predicted octanol–water partition coefficient (Wildman–Crippen LogP) is 5.76. The highest BCUT2D eigenvalue weighted by atomic mass is 32.2. The lowest BCUT2D eigenvalue weighted by Gasteiger charge is -2.09. The Morgan fingerprint density at radius 3 is 2.52 bits per heavy atom. The number of hydrogen-bond acceptors (Lipinski definition) is 4. The highest BCUT2D eigenvalue weighted by molar-refractivity contribution is 7.99. The molecule has 4 rings (SSSR count). The number of aryl methyl sites for hydroxylation is 1. The van der Waals surface area contributed by atoms with Crippen molar-refractivity contribution < 1.29 is 4.79 Å². The topological polar surface area (TPSA) is 59.3 Å². The van der Waals surface area contributed by atoms with Gasteiger partial charge in [0.15, 0.2) is 5.16 Å². The van der Waals surface area contributed by atoms with Crippen molar-refractivity contribution in [2.75, 3.05) is 5.75 Å². The first-order chi connectivity index (χ1) is 16.0. The van der Waals surface area contributed by atoms with E-state index in [4.69, 9.17) is 4.98 Å². The van der Waals surface area contributed by atoms with Gasteiger partial charge in [0, 0.05) is 0 Å². The van der Waals surface area contributed by atoms with Crippen LogP contribution in [0.3, 0.4) is 0 Å². The molecule has 0 bridgehead atoms. The highest BCUT2D eigenvalue weighted by Crippen LogP contribution is 2.25. The number of benzene rings is 3. The van der Waals surface area contributed by atoms with Crippen molar-refractivity contribution in [3.63, 3.8) is 0 Å². The summed E-state index contributed by atoms with van der Waals surface area (Å²) in [7, 11) is 0. The molecule has 6 heteroatoms. The van der Waals surface area contributed by atoms with Gasteiger partial charge in [0.1, 0.15) is 0 Å². The molecule has 1 amide bonds. The van der Waals surface area contributed by atoms with Crippen LogP contribution in [0.5, 0.6) is 0 Å². The van der Waals surface area contributed by atoms with Crippen molar-refractivity contribution in [3.8, 4) is 0 Å². The van der Waals surface area contributed by atoms with E-state index in [9.17, 15) is 4.79 Å². The number of nitrogens with zero attached hydrogens (tertiary/aromatic N) is 3. The Morgan fingerprint density at radius 2 is 1.79 bits per heavy atom. The molecule has 1 aromatic heterocycles. The Bertz CT molecular complexity index is 1260. The van der Waals surface area contributed by atoms with Gasteiger partial charge in [-0.15, -0.1) is 0 Å². The second-order valence-electron chi connectivity index (χ2n) is 8.36. The van der Waals surface area contributed by atoms with Gasteiger partial charge < -0.3 is 4.57 Å². The fraction of sp³-hybridized carbons (Fsp3) is 0.222. The zero-order chi connectivity index (χ0) is 23.2. The molecular formula is C27H28N4OS. The zero-order valence-electron chi connectivity index (χ0n) is 19.2. The van der Waals surface area contributed by atoms with Crippen molar-refractivity contribution >= 4 is 34.9 Å². The van der Waals surface area contributed by atoms with Crippen LogP contribution in [0, 0.1) is 6.92 Å². The van der Waals surface area contributed by atoms with E-state index in [0.29, 0.717) is 12.5 Å². The minimum Gasteiger partial charge on any atom is -0.314 e. The van der Waals surface area contributed by atoms with E-state index in [2.05, 4.69) is 78.3 Å². The van der Waals surface area contributed by atoms with Crippen LogP contribution < -0.4 is 5.43 Å². The fourth-order valence-electron chi connectivity index (χ4n) is 3.50. The molecule has 0 fully saturated rings. The number of amides is 1. The normalized spacial score (nSPS) is 11.5. The van der Waals surface area contributed by atoms with Gasteiger partial charge in [-0.25, -0.2) is 10.4 Å². The first kappa shape index (κ1) is 22.8. The van der Waals surface area contributed by atoms with Gasteiger partial charge in [-0.05, 0) is 41.7 Å². The van der Waals surface area contributed by atoms with Crippen LogP contribution in [-0.4, -0.2) is 27.4 Å². The van der Waals surface area contributed by atoms with E-state index in [1.807, 2.05) is 30.3 Å². The molecule has 1 N–H and O–H groups in total. The van der Waals surface area contributed by atoms with E-state index in [1.165, 1.54) is 28.5 Å². The van der Waals surface area contributed by atoms with Gasteiger partial charge in [-0.2, -0.15) is 5.10 Å². The van der Waals surface area contributed by atoms with Gasteiger partial charge in [-0.1, -0.05) is 91.8 Å². The molecule has 0 spiro atoms. The van der Waals surface area contributed by atoms with E-state index < -0.39 is 0 Å². The Morgan fingerprint density at radius 1 is 1.06 bits per heavy atom. The van der Waals surface area contributed by atoms with E-state index in [1.54, 1.807) is 6.21 Å². The van der Waals surface area contributed by atoms with Gasteiger partial charge in [-0.3, -0.25) is 4.79 Å². The summed E-state index contributed by atoms with van der Waals surface area (Å²) in [6.45, 7) is 7.11. The Hall–Kier alpha value is -3.38. The molecule has 3 aromatic carbocycles. The minimum atomic E-state index is -0.163. The lowest BCUT2D eigenvalue weighted by atomic mass is 10.0. The molecular weight excluding hydrogens is 428 g/mol. The van der Waals surface area contributed by atoms with Crippen molar-refractivity contribution in [2.24, 2.45) is 5.10 Å². The van der Waals surface area contributed by atoms with Crippen LogP contribution in [0.2, 0.25) is 0 Å². The van der Waals surface area contributed by atoms with Crippen LogP contribution in [0.25, 0.3) is 11.0 Å². The number of carbonyl (C=O) groups is 1.